The molecule has 0 saturated carbocycles. The lowest BCUT2D eigenvalue weighted by molar-refractivity contribution is -0.385. The van der Waals surface area contributed by atoms with Gasteiger partial charge < -0.3 is 9.80 Å². The average molecular weight is 520 g/mol. The third-order valence-electron chi connectivity index (χ3n) is 5.95. The summed E-state index contributed by atoms with van der Waals surface area (Å²) in [7, 11) is -2.02. The van der Waals surface area contributed by atoms with Gasteiger partial charge in [0.1, 0.15) is 4.90 Å². The van der Waals surface area contributed by atoms with E-state index >= 15 is 0 Å². The summed E-state index contributed by atoms with van der Waals surface area (Å²) >= 11 is 0. The van der Waals surface area contributed by atoms with Crippen molar-refractivity contribution in [1.82, 2.24) is 9.21 Å². The summed E-state index contributed by atoms with van der Waals surface area (Å²) in [5.41, 5.74) is 3.49. The molecular weight excluding hydrogens is 490 g/mol. The van der Waals surface area contributed by atoms with Crippen molar-refractivity contribution < 1.29 is 18.3 Å². The lowest BCUT2D eigenvalue weighted by Gasteiger charge is -2.34. The highest BCUT2D eigenvalue weighted by molar-refractivity contribution is 7.89. The van der Waals surface area contributed by atoms with Crippen molar-refractivity contribution in [2.45, 2.75) is 18.7 Å². The van der Waals surface area contributed by atoms with Crippen molar-refractivity contribution in [3.05, 3.63) is 62.2 Å². The molecule has 36 heavy (non-hydrogen) atoms. The number of nitro benzene ring substituents is 2. The molecule has 1 aliphatic rings. The van der Waals surface area contributed by atoms with Gasteiger partial charge in [-0.2, -0.15) is 9.41 Å². The number of benzene rings is 2. The average Bonchev–Trinajstić information content (AvgIpc) is 2.85. The van der Waals surface area contributed by atoms with Crippen LogP contribution in [-0.2, 0) is 10.0 Å². The molecule has 0 radical (unpaired) electrons. The van der Waals surface area contributed by atoms with E-state index in [9.17, 15) is 28.6 Å². The molecule has 194 valence electrons. The molecule has 1 aliphatic heterocycles. The van der Waals surface area contributed by atoms with Gasteiger partial charge >= 0.3 is 0 Å². The molecule has 13 nitrogen and oxygen atoms in total. The van der Waals surface area contributed by atoms with Crippen LogP contribution in [0.25, 0.3) is 0 Å². The number of anilines is 2. The Hall–Kier alpha value is -3.62. The summed E-state index contributed by atoms with van der Waals surface area (Å²) < 4.78 is 27.5. The Morgan fingerprint density at radius 2 is 1.58 bits per heavy atom. The summed E-state index contributed by atoms with van der Waals surface area (Å²) in [6.45, 7) is 6.85. The van der Waals surface area contributed by atoms with Crippen LogP contribution in [0.3, 0.4) is 0 Å². The predicted octanol–water partition coefficient (Wildman–Crippen LogP) is 2.73. The minimum absolute atomic E-state index is 0.0512. The van der Waals surface area contributed by atoms with E-state index in [0.717, 1.165) is 37.9 Å². The monoisotopic (exact) mass is 519 g/mol. The van der Waals surface area contributed by atoms with Gasteiger partial charge in [0.05, 0.1) is 21.7 Å². The van der Waals surface area contributed by atoms with E-state index in [2.05, 4.69) is 20.3 Å². The number of non-ortho nitro benzene ring substituents is 2. The third kappa shape index (κ3) is 5.95. The highest BCUT2D eigenvalue weighted by Crippen LogP contribution is 2.30. The maximum Gasteiger partial charge on any atom is 0.270 e. The normalized spacial score (nSPS) is 14.9. The molecule has 3 rings (SSSR count). The van der Waals surface area contributed by atoms with E-state index in [4.69, 9.17) is 0 Å². The largest absolute Gasteiger partial charge is 0.368 e. The minimum atomic E-state index is -4.04. The zero-order valence-electron chi connectivity index (χ0n) is 20.3. The topological polar surface area (TPSA) is 155 Å². The summed E-state index contributed by atoms with van der Waals surface area (Å²) in [5.74, 6) is 0. The minimum Gasteiger partial charge on any atom is -0.368 e. The fraction of sp³-hybridized carbons (Fsp3) is 0.409. The van der Waals surface area contributed by atoms with Gasteiger partial charge in [-0.3, -0.25) is 25.7 Å². The van der Waals surface area contributed by atoms with Gasteiger partial charge in [0.2, 0.25) is 10.0 Å². The number of hydrogen-bond acceptors (Lipinski definition) is 10. The molecule has 0 bridgehead atoms. The van der Waals surface area contributed by atoms with Crippen LogP contribution in [0.2, 0.25) is 0 Å². The first-order valence-electron chi connectivity index (χ1n) is 11.4. The van der Waals surface area contributed by atoms with E-state index in [-0.39, 0.29) is 35.0 Å². The maximum absolute atomic E-state index is 13.2. The zero-order chi connectivity index (χ0) is 26.5. The van der Waals surface area contributed by atoms with Crippen LogP contribution >= 0.6 is 0 Å². The molecule has 1 heterocycles. The second kappa shape index (κ2) is 11.4. The summed E-state index contributed by atoms with van der Waals surface area (Å²) in [5, 5.41) is 26.8. The second-order valence-electron chi connectivity index (χ2n) is 8.19. The van der Waals surface area contributed by atoms with Crippen LogP contribution in [-0.4, -0.2) is 80.0 Å². The molecule has 0 spiro atoms. The Morgan fingerprint density at radius 3 is 2.17 bits per heavy atom. The van der Waals surface area contributed by atoms with Crippen LogP contribution in [0.5, 0.6) is 0 Å². The Labute approximate surface area is 209 Å². The number of nitro groups is 2. The van der Waals surface area contributed by atoms with E-state index < -0.39 is 19.9 Å². The summed E-state index contributed by atoms with van der Waals surface area (Å²) in [4.78, 5) is 25.5. The van der Waals surface area contributed by atoms with Gasteiger partial charge in [-0.25, -0.2) is 8.42 Å². The standard InChI is InChI=1S/C22H29N7O6S/c1-4-27(5-2)36(34,35)22-15-19(29(32)33)6-8-20(22)24-23-16-17-14-18(28(30)31)7-9-21(17)26-12-10-25(3)11-13-26/h6-9,14-16,24H,4-5,10-13H2,1-3H3/b23-16+. The number of sulfonamides is 1. The number of hydrogen-bond donors (Lipinski definition) is 1. The van der Waals surface area contributed by atoms with Gasteiger partial charge in [0.25, 0.3) is 11.4 Å². The van der Waals surface area contributed by atoms with Crippen molar-refractivity contribution in [1.29, 1.82) is 0 Å². The SMILES string of the molecule is CCN(CC)S(=O)(=O)c1cc([N+](=O)[O-])ccc1N/N=C/c1cc([N+](=O)[O-])ccc1N1CCN(C)CC1. The molecule has 14 heteroatoms. The zero-order valence-corrected chi connectivity index (χ0v) is 21.1. The van der Waals surface area contributed by atoms with Gasteiger partial charge in [-0.1, -0.05) is 13.8 Å². The lowest BCUT2D eigenvalue weighted by atomic mass is 10.1. The van der Waals surface area contributed by atoms with E-state index in [1.807, 2.05) is 7.05 Å². The van der Waals surface area contributed by atoms with Crippen LogP contribution < -0.4 is 10.3 Å². The van der Waals surface area contributed by atoms with Crippen LogP contribution in [0, 0.1) is 20.2 Å². The lowest BCUT2D eigenvalue weighted by Crippen LogP contribution is -2.44. The molecule has 0 aliphatic carbocycles. The molecule has 0 amide bonds. The van der Waals surface area contributed by atoms with Crippen LogP contribution in [0.4, 0.5) is 22.7 Å². The fourth-order valence-corrected chi connectivity index (χ4v) is 5.52. The number of likely N-dealkylation sites (N-methyl/N-ethyl adjacent to an activating group) is 1. The van der Waals surface area contributed by atoms with Crippen molar-refractivity contribution in [2.24, 2.45) is 5.10 Å². The molecule has 2 aromatic rings. The third-order valence-corrected chi connectivity index (χ3v) is 8.04. The van der Waals surface area contributed by atoms with E-state index in [1.54, 1.807) is 19.9 Å². The highest BCUT2D eigenvalue weighted by Gasteiger charge is 2.27. The molecular formula is C22H29N7O6S. The first-order valence-corrected chi connectivity index (χ1v) is 12.8. The molecule has 0 atom stereocenters. The molecule has 1 fully saturated rings. The predicted molar refractivity (Wildman–Crippen MR) is 137 cm³/mol. The van der Waals surface area contributed by atoms with Gasteiger partial charge in [0, 0.05) is 74.8 Å². The first kappa shape index (κ1) is 27.0. The van der Waals surface area contributed by atoms with Crippen molar-refractivity contribution >= 4 is 39.0 Å². The smallest absolute Gasteiger partial charge is 0.270 e. The first-order chi connectivity index (χ1) is 17.1. The number of nitrogens with zero attached hydrogens (tertiary/aromatic N) is 6. The maximum atomic E-state index is 13.2. The molecule has 2 aromatic carbocycles. The Balaban J connectivity index is 1.98. The van der Waals surface area contributed by atoms with Gasteiger partial charge in [0.15, 0.2) is 0 Å². The van der Waals surface area contributed by atoms with Gasteiger partial charge in [-0.05, 0) is 19.2 Å². The summed E-state index contributed by atoms with van der Waals surface area (Å²) in [6, 6.07) is 7.97. The van der Waals surface area contributed by atoms with Crippen molar-refractivity contribution in [3.8, 4) is 0 Å². The fourth-order valence-electron chi connectivity index (χ4n) is 3.90. The van der Waals surface area contributed by atoms with Crippen molar-refractivity contribution in [2.75, 3.05) is 56.6 Å². The Bertz CT molecular complexity index is 1260. The quantitative estimate of drug-likeness (QED) is 0.283. The number of piperazine rings is 1. The molecule has 1 saturated heterocycles. The number of hydrazone groups is 1. The number of rotatable bonds is 10. The molecule has 0 unspecified atom stereocenters. The Kier molecular flexibility index (Phi) is 8.55. The second-order valence-corrected chi connectivity index (χ2v) is 10.1. The Morgan fingerprint density at radius 1 is 1.00 bits per heavy atom. The van der Waals surface area contributed by atoms with Crippen molar-refractivity contribution in [3.63, 3.8) is 0 Å². The summed E-state index contributed by atoms with van der Waals surface area (Å²) in [6.07, 6.45) is 1.38. The molecule has 1 N–H and O–H groups in total. The van der Waals surface area contributed by atoms with E-state index in [1.165, 1.54) is 34.8 Å². The van der Waals surface area contributed by atoms with Gasteiger partial charge in [-0.15, -0.1) is 0 Å². The molecule has 0 aromatic heterocycles. The van der Waals surface area contributed by atoms with Crippen LogP contribution in [0.1, 0.15) is 19.4 Å². The number of nitrogens with one attached hydrogen (secondary N) is 1. The highest BCUT2D eigenvalue weighted by atomic mass is 32.2. The van der Waals surface area contributed by atoms with E-state index in [0.29, 0.717) is 5.56 Å². The van der Waals surface area contributed by atoms with Crippen LogP contribution in [0.15, 0.2) is 46.4 Å².